The normalized spacial score (nSPS) is 10.5. The first-order valence-electron chi connectivity index (χ1n) is 6.55. The molecule has 0 bridgehead atoms. The van der Waals surface area contributed by atoms with Gasteiger partial charge >= 0.3 is 0 Å². The Labute approximate surface area is 141 Å². The largest absolute Gasteiger partial charge is 0.368 e. The molecule has 0 radical (unpaired) electrons. The minimum Gasteiger partial charge on any atom is -0.368 e. The second-order valence-corrected chi connectivity index (χ2v) is 5.99. The second kappa shape index (κ2) is 6.80. The molecule has 1 aromatic carbocycles. The Hall–Kier alpha value is -2.38. The highest BCUT2D eigenvalue weighted by atomic mass is 35.5. The van der Waals surface area contributed by atoms with Gasteiger partial charge in [-0.15, -0.1) is 0 Å². The van der Waals surface area contributed by atoms with Crippen molar-refractivity contribution in [2.45, 2.75) is 9.79 Å². The van der Waals surface area contributed by atoms with Crippen LogP contribution in [-0.2, 0) is 0 Å². The average molecular weight is 348 g/mol. The molecule has 23 heavy (non-hydrogen) atoms. The van der Waals surface area contributed by atoms with Gasteiger partial charge in [0.2, 0.25) is 5.95 Å². The maximum atomic E-state index is 14.2. The van der Waals surface area contributed by atoms with Crippen LogP contribution in [0.3, 0.4) is 0 Å². The minimum absolute atomic E-state index is 0.0466. The number of rotatable bonds is 4. The molecule has 0 aliphatic heterocycles. The molecule has 0 fully saturated rings. The van der Waals surface area contributed by atoms with Crippen molar-refractivity contribution in [3.8, 4) is 0 Å². The van der Waals surface area contributed by atoms with Crippen LogP contribution in [0.4, 0.5) is 21.8 Å². The molecule has 5 nitrogen and oxygen atoms in total. The summed E-state index contributed by atoms with van der Waals surface area (Å²) >= 11 is 7.13. The average Bonchev–Trinajstić information content (AvgIpc) is 2.50. The van der Waals surface area contributed by atoms with Gasteiger partial charge in [0.1, 0.15) is 16.8 Å². The Morgan fingerprint density at radius 3 is 2.57 bits per heavy atom. The Bertz CT molecular complexity index is 811. The fourth-order valence-electron chi connectivity index (χ4n) is 1.84. The monoisotopic (exact) mass is 347 g/mol. The van der Waals surface area contributed by atoms with Crippen molar-refractivity contribution >= 4 is 40.8 Å². The summed E-state index contributed by atoms with van der Waals surface area (Å²) in [6.45, 7) is 0. The third kappa shape index (κ3) is 4.08. The Morgan fingerprint density at radius 1 is 1.09 bits per heavy atom. The number of nitrogen functional groups attached to an aromatic ring is 1. The number of halogens is 2. The zero-order valence-corrected chi connectivity index (χ0v) is 13.3. The first-order chi connectivity index (χ1) is 11.1. The lowest BCUT2D eigenvalue weighted by atomic mass is 10.3. The number of anilines is 3. The Balaban J connectivity index is 1.79. The fourth-order valence-corrected chi connectivity index (χ4v) is 2.84. The molecule has 3 rings (SSSR count). The second-order valence-electron chi connectivity index (χ2n) is 4.49. The van der Waals surface area contributed by atoms with Gasteiger partial charge in [-0.1, -0.05) is 23.4 Å². The fraction of sp³-hybridized carbons (Fsp3) is 0. The molecule has 3 N–H and O–H groups in total. The van der Waals surface area contributed by atoms with Gasteiger partial charge in [0.25, 0.3) is 0 Å². The molecule has 0 saturated carbocycles. The molecular weight excluding hydrogens is 337 g/mol. The van der Waals surface area contributed by atoms with Crippen LogP contribution in [-0.4, -0.2) is 15.0 Å². The maximum absolute atomic E-state index is 14.2. The van der Waals surface area contributed by atoms with Gasteiger partial charge in [0, 0.05) is 33.9 Å². The Kier molecular flexibility index (Phi) is 4.59. The number of aromatic nitrogens is 3. The lowest BCUT2D eigenvalue weighted by Crippen LogP contribution is -2.00. The zero-order valence-electron chi connectivity index (χ0n) is 11.7. The van der Waals surface area contributed by atoms with E-state index in [1.54, 1.807) is 24.5 Å². The molecule has 0 unspecified atom stereocenters. The van der Waals surface area contributed by atoms with Crippen LogP contribution in [0.1, 0.15) is 0 Å². The maximum Gasteiger partial charge on any atom is 0.223 e. The molecule has 0 atom stereocenters. The van der Waals surface area contributed by atoms with Gasteiger partial charge in [-0.3, -0.25) is 4.98 Å². The van der Waals surface area contributed by atoms with E-state index in [0.717, 1.165) is 4.90 Å². The van der Waals surface area contributed by atoms with Crippen molar-refractivity contribution in [1.29, 1.82) is 0 Å². The highest BCUT2D eigenvalue weighted by Crippen LogP contribution is 2.31. The highest BCUT2D eigenvalue weighted by Gasteiger charge is 2.07. The first kappa shape index (κ1) is 15.5. The van der Waals surface area contributed by atoms with Gasteiger partial charge < -0.3 is 11.1 Å². The molecule has 2 heterocycles. The van der Waals surface area contributed by atoms with Crippen molar-refractivity contribution in [1.82, 2.24) is 15.0 Å². The van der Waals surface area contributed by atoms with Crippen LogP contribution in [0.15, 0.2) is 58.6 Å². The van der Waals surface area contributed by atoms with Crippen LogP contribution in [0.5, 0.6) is 0 Å². The molecular formula is C15H11ClFN5S. The van der Waals surface area contributed by atoms with Crippen LogP contribution in [0, 0.1) is 5.82 Å². The molecule has 3 aromatic rings. The molecule has 8 heteroatoms. The number of hydrogen-bond acceptors (Lipinski definition) is 6. The number of benzene rings is 1. The highest BCUT2D eigenvalue weighted by molar-refractivity contribution is 7.99. The first-order valence-corrected chi connectivity index (χ1v) is 7.74. The SMILES string of the molecule is Nc1nc(Cl)cc(Nc2ccc(Sc3ccncc3)c(F)c2)n1. The summed E-state index contributed by atoms with van der Waals surface area (Å²) in [7, 11) is 0. The molecule has 2 aromatic heterocycles. The summed E-state index contributed by atoms with van der Waals surface area (Å²) in [5.74, 6) is 0.103. The summed E-state index contributed by atoms with van der Waals surface area (Å²) in [5, 5.41) is 3.16. The lowest BCUT2D eigenvalue weighted by Gasteiger charge is -2.09. The predicted octanol–water partition coefficient (Wildman–Crippen LogP) is 4.14. The van der Waals surface area contributed by atoms with Gasteiger partial charge in [-0.25, -0.2) is 9.37 Å². The molecule has 0 aliphatic carbocycles. The van der Waals surface area contributed by atoms with E-state index in [9.17, 15) is 4.39 Å². The van der Waals surface area contributed by atoms with Crippen LogP contribution in [0.2, 0.25) is 5.15 Å². The van der Waals surface area contributed by atoms with E-state index < -0.39 is 0 Å². The van der Waals surface area contributed by atoms with E-state index >= 15 is 0 Å². The van der Waals surface area contributed by atoms with Gasteiger partial charge in [0.15, 0.2) is 0 Å². The lowest BCUT2D eigenvalue weighted by molar-refractivity contribution is 0.602. The topological polar surface area (TPSA) is 76.7 Å². The summed E-state index contributed by atoms with van der Waals surface area (Å²) < 4.78 is 14.2. The molecule has 0 amide bonds. The van der Waals surface area contributed by atoms with E-state index in [2.05, 4.69) is 20.3 Å². The van der Waals surface area contributed by atoms with Crippen molar-refractivity contribution in [2.24, 2.45) is 0 Å². The van der Waals surface area contributed by atoms with E-state index in [4.69, 9.17) is 17.3 Å². The zero-order chi connectivity index (χ0) is 16.2. The molecule has 0 spiro atoms. The van der Waals surface area contributed by atoms with Gasteiger partial charge in [-0.2, -0.15) is 4.98 Å². The summed E-state index contributed by atoms with van der Waals surface area (Å²) in [6.07, 6.45) is 3.33. The van der Waals surface area contributed by atoms with E-state index in [1.165, 1.54) is 23.9 Å². The third-order valence-electron chi connectivity index (χ3n) is 2.79. The quantitative estimate of drug-likeness (QED) is 0.691. The van der Waals surface area contributed by atoms with Crippen LogP contribution >= 0.6 is 23.4 Å². The van der Waals surface area contributed by atoms with Crippen molar-refractivity contribution < 1.29 is 4.39 Å². The van der Waals surface area contributed by atoms with Crippen molar-refractivity contribution in [3.63, 3.8) is 0 Å². The third-order valence-corrected chi connectivity index (χ3v) is 4.05. The number of hydrogen-bond donors (Lipinski definition) is 2. The number of pyridine rings is 1. The smallest absolute Gasteiger partial charge is 0.223 e. The van der Waals surface area contributed by atoms with Crippen molar-refractivity contribution in [3.05, 3.63) is 59.8 Å². The molecule has 0 aliphatic rings. The van der Waals surface area contributed by atoms with Crippen LogP contribution < -0.4 is 11.1 Å². The van der Waals surface area contributed by atoms with E-state index in [0.29, 0.717) is 16.4 Å². The van der Waals surface area contributed by atoms with Gasteiger partial charge in [-0.05, 0) is 30.3 Å². The minimum atomic E-state index is -0.343. The number of nitrogens with one attached hydrogen (secondary N) is 1. The molecule has 0 saturated heterocycles. The van der Waals surface area contributed by atoms with Crippen molar-refractivity contribution in [2.75, 3.05) is 11.1 Å². The van der Waals surface area contributed by atoms with Crippen LogP contribution in [0.25, 0.3) is 0 Å². The molecule has 116 valence electrons. The standard InChI is InChI=1S/C15H11ClFN5S/c16-13-8-14(22-15(18)21-13)20-9-1-2-12(11(17)7-9)23-10-3-5-19-6-4-10/h1-8H,(H3,18,20,21,22). The Morgan fingerprint density at radius 2 is 1.87 bits per heavy atom. The summed E-state index contributed by atoms with van der Waals surface area (Å²) in [5.41, 5.74) is 6.06. The predicted molar refractivity (Wildman–Crippen MR) is 89.5 cm³/mol. The van der Waals surface area contributed by atoms with E-state index in [-0.39, 0.29) is 16.9 Å². The number of nitrogens with two attached hydrogens (primary N) is 1. The number of nitrogens with zero attached hydrogens (tertiary/aromatic N) is 3. The summed E-state index contributed by atoms with van der Waals surface area (Å²) in [6, 6.07) is 9.97. The summed E-state index contributed by atoms with van der Waals surface area (Å²) in [4.78, 5) is 13.1. The van der Waals surface area contributed by atoms with E-state index in [1.807, 2.05) is 12.1 Å². The van der Waals surface area contributed by atoms with Gasteiger partial charge in [0.05, 0.1) is 0 Å².